The molecule has 0 saturated carbocycles. The number of nitrogens with one attached hydrogen (secondary N) is 8. The maximum atomic E-state index is 14.5. The SMILES string of the molecule is CC[C@H](C)[C@H](NC(=O)[C@H](CO)NC(=O)[C@H](CCCCN)NC(=O)[C@@H](NC(=O)[C@H](CS)NC(=O)[C@H](CCCCN)NC(=O)[C@@H]1CCCN1C(=O)[C@@H]1CCCN1)[C@@H](C)O)C(=O)N1CCC[C@H]1C(=O)N1CCC[C@H]1C(=O)N[C@@H](CCCCN)C(=O)O. The fourth-order valence-electron chi connectivity index (χ4n) is 11.0. The number of hydrogen-bond acceptors (Lipinski definition) is 18. The van der Waals surface area contributed by atoms with Gasteiger partial charge in [-0.05, 0) is 148 Å². The molecule has 0 aliphatic carbocycles. The van der Waals surface area contributed by atoms with Crippen molar-refractivity contribution in [1.82, 2.24) is 57.2 Å². The normalized spacial score (nSPS) is 22.0. The molecular weight excluding hydrogens is 1100 g/mol. The number of aliphatic hydroxyl groups is 2. The van der Waals surface area contributed by atoms with Gasteiger partial charge in [0, 0.05) is 25.4 Å². The van der Waals surface area contributed by atoms with E-state index in [1.165, 1.54) is 21.6 Å². The van der Waals surface area contributed by atoms with Crippen LogP contribution in [0.3, 0.4) is 0 Å². The van der Waals surface area contributed by atoms with E-state index in [2.05, 4.69) is 55.2 Å². The third kappa shape index (κ3) is 20.2. The zero-order chi connectivity index (χ0) is 61.3. The van der Waals surface area contributed by atoms with E-state index < -0.39 is 138 Å². The van der Waals surface area contributed by atoms with Gasteiger partial charge in [-0.3, -0.25) is 47.9 Å². The van der Waals surface area contributed by atoms with Crippen LogP contribution in [0, 0.1) is 5.92 Å². The zero-order valence-electron chi connectivity index (χ0n) is 48.5. The fraction of sp³-hybridized carbons (Fsp3) is 0.796. The standard InChI is InChI=1S/C54H94N14O14S/c1-4-31(2)42(53(80)68-28-14-21-41(68)52(79)67-27-13-20-40(67)49(76)61-36(54(81)82)17-7-10-24-57)64-46(73)37(29-69)62-44(71)34(16-6-9-23-56)60-50(77)43(32(3)70)65-47(74)38(30-83)63-45(72)33(15-5-8-22-55)59-48(75)39-19-12-26-66(39)51(78)35-18-11-25-58-35/h31-43,58,69-70,83H,4-30,55-57H2,1-3H3,(H,59,75)(H,60,77)(H,61,76)(H,62,71)(H,63,72)(H,64,73)(H,65,74)(H,81,82)/t31-,32+,33-,34-,35-,36-,37-,38-,39-,40-,41-,42-,43-/m0/s1. The van der Waals surface area contributed by atoms with Gasteiger partial charge in [-0.15, -0.1) is 0 Å². The second kappa shape index (κ2) is 35.5. The van der Waals surface area contributed by atoms with Crippen molar-refractivity contribution in [1.29, 1.82) is 0 Å². The summed E-state index contributed by atoms with van der Waals surface area (Å²) in [6.45, 7) is 6.06. The van der Waals surface area contributed by atoms with Crippen molar-refractivity contribution >= 4 is 77.7 Å². The number of aliphatic carboxylic acids is 1. The number of hydrogen-bond donors (Lipinski definition) is 15. The molecule has 4 heterocycles. The lowest BCUT2D eigenvalue weighted by atomic mass is 9.96. The fourth-order valence-corrected chi connectivity index (χ4v) is 11.2. The Labute approximate surface area is 491 Å². The van der Waals surface area contributed by atoms with Crippen molar-refractivity contribution in [2.45, 2.75) is 209 Å². The van der Waals surface area contributed by atoms with E-state index in [-0.39, 0.29) is 75.9 Å². The Hall–Kier alpha value is -5.72. The summed E-state index contributed by atoms with van der Waals surface area (Å²) in [6, 6.07) is -13.0. The summed E-state index contributed by atoms with van der Waals surface area (Å²) in [5, 5.41) is 52.3. The molecule has 0 radical (unpaired) electrons. The van der Waals surface area contributed by atoms with Crippen LogP contribution in [-0.4, -0.2) is 226 Å². The van der Waals surface area contributed by atoms with Gasteiger partial charge in [0.15, 0.2) is 0 Å². The van der Waals surface area contributed by atoms with E-state index in [1.807, 2.05) is 0 Å². The molecule has 0 spiro atoms. The summed E-state index contributed by atoms with van der Waals surface area (Å²) in [6.07, 6.45) is 5.63. The zero-order valence-corrected chi connectivity index (χ0v) is 49.3. The molecule has 0 aromatic heterocycles. The summed E-state index contributed by atoms with van der Waals surface area (Å²) in [5.74, 6) is -9.11. The van der Waals surface area contributed by atoms with Crippen LogP contribution in [0.4, 0.5) is 0 Å². The average molecular weight is 1200 g/mol. The highest BCUT2D eigenvalue weighted by molar-refractivity contribution is 7.80. The Morgan fingerprint density at radius 2 is 0.988 bits per heavy atom. The molecule has 83 heavy (non-hydrogen) atoms. The number of carbonyl (C=O) groups excluding carboxylic acids is 10. The van der Waals surface area contributed by atoms with Crippen molar-refractivity contribution in [3.8, 4) is 0 Å². The molecule has 29 heteroatoms. The number of thiol groups is 1. The molecule has 28 nitrogen and oxygen atoms in total. The van der Waals surface area contributed by atoms with Gasteiger partial charge in [-0.25, -0.2) is 4.79 Å². The van der Waals surface area contributed by atoms with Gasteiger partial charge in [0.25, 0.3) is 0 Å². The average Bonchev–Trinajstić information content (AvgIpc) is 4.37. The van der Waals surface area contributed by atoms with Crippen LogP contribution in [0.25, 0.3) is 0 Å². The number of carboxylic acid groups (broad SMARTS) is 1. The van der Waals surface area contributed by atoms with Crippen LogP contribution in [-0.2, 0) is 52.7 Å². The van der Waals surface area contributed by atoms with Crippen LogP contribution < -0.4 is 59.7 Å². The number of likely N-dealkylation sites (tertiary alicyclic amines) is 3. The van der Waals surface area contributed by atoms with Crippen molar-refractivity contribution in [3.05, 3.63) is 0 Å². The Morgan fingerprint density at radius 3 is 1.47 bits per heavy atom. The van der Waals surface area contributed by atoms with Crippen molar-refractivity contribution in [3.63, 3.8) is 0 Å². The molecule has 4 rings (SSSR count). The summed E-state index contributed by atoms with van der Waals surface area (Å²) in [4.78, 5) is 155. The van der Waals surface area contributed by atoms with Crippen LogP contribution >= 0.6 is 12.6 Å². The second-order valence-electron chi connectivity index (χ2n) is 22.2. The number of aliphatic hydroxyl groups excluding tert-OH is 2. The third-order valence-corrected chi connectivity index (χ3v) is 16.4. The summed E-state index contributed by atoms with van der Waals surface area (Å²) in [7, 11) is 0. The highest BCUT2D eigenvalue weighted by Crippen LogP contribution is 2.28. The Morgan fingerprint density at radius 1 is 0.542 bits per heavy atom. The summed E-state index contributed by atoms with van der Waals surface area (Å²) < 4.78 is 0. The number of carbonyl (C=O) groups is 11. The minimum absolute atomic E-state index is 0.0569. The summed E-state index contributed by atoms with van der Waals surface area (Å²) >= 11 is 4.27. The lowest BCUT2D eigenvalue weighted by Crippen LogP contribution is -2.62. The van der Waals surface area contributed by atoms with Gasteiger partial charge in [0.1, 0.15) is 60.4 Å². The molecule has 0 unspecified atom stereocenters. The first-order valence-corrected chi connectivity index (χ1v) is 30.3. The van der Waals surface area contributed by atoms with Crippen molar-refractivity contribution in [2.24, 2.45) is 23.1 Å². The Kier molecular flexibility index (Phi) is 29.9. The Balaban J connectivity index is 1.43. The van der Waals surface area contributed by atoms with Crippen LogP contribution in [0.15, 0.2) is 0 Å². The number of rotatable bonds is 35. The highest BCUT2D eigenvalue weighted by atomic mass is 32.1. The van der Waals surface area contributed by atoms with Crippen molar-refractivity contribution < 1.29 is 68.1 Å². The van der Waals surface area contributed by atoms with Gasteiger partial charge >= 0.3 is 5.97 Å². The van der Waals surface area contributed by atoms with E-state index >= 15 is 0 Å². The number of unbranched alkanes of at least 4 members (excludes halogenated alkanes) is 3. The predicted octanol–water partition coefficient (Wildman–Crippen LogP) is -4.07. The monoisotopic (exact) mass is 1190 g/mol. The van der Waals surface area contributed by atoms with Crippen molar-refractivity contribution in [2.75, 3.05) is 58.2 Å². The van der Waals surface area contributed by atoms with Crippen LogP contribution in [0.1, 0.15) is 136 Å². The Bertz CT molecular complexity index is 2210. The molecule has 17 N–H and O–H groups in total. The first-order valence-electron chi connectivity index (χ1n) is 29.7. The molecule has 0 aromatic rings. The molecule has 0 bridgehead atoms. The molecule has 4 fully saturated rings. The summed E-state index contributed by atoms with van der Waals surface area (Å²) in [5.41, 5.74) is 17.0. The molecule has 13 atom stereocenters. The number of nitrogens with two attached hydrogens (primary N) is 3. The lowest BCUT2D eigenvalue weighted by molar-refractivity contribution is -0.149. The predicted molar refractivity (Wildman–Crippen MR) is 307 cm³/mol. The third-order valence-electron chi connectivity index (χ3n) is 16.0. The molecule has 0 aromatic carbocycles. The smallest absolute Gasteiger partial charge is 0.326 e. The minimum atomic E-state index is -1.72. The lowest BCUT2D eigenvalue weighted by Gasteiger charge is -2.35. The van der Waals surface area contributed by atoms with E-state index in [9.17, 15) is 68.1 Å². The van der Waals surface area contributed by atoms with E-state index in [0.29, 0.717) is 96.8 Å². The van der Waals surface area contributed by atoms with Gasteiger partial charge in [0.05, 0.1) is 18.8 Å². The molecule has 10 amide bonds. The topological polar surface area (TPSA) is 432 Å². The van der Waals surface area contributed by atoms with Crippen LogP contribution in [0.2, 0.25) is 0 Å². The van der Waals surface area contributed by atoms with Gasteiger partial charge < -0.3 is 89.8 Å². The van der Waals surface area contributed by atoms with E-state index in [0.717, 1.165) is 6.42 Å². The first-order chi connectivity index (χ1) is 39.7. The molecule has 4 saturated heterocycles. The van der Waals surface area contributed by atoms with Crippen LogP contribution in [0.5, 0.6) is 0 Å². The largest absolute Gasteiger partial charge is 0.480 e. The quantitative estimate of drug-likeness (QED) is 0.0212. The van der Waals surface area contributed by atoms with Gasteiger partial charge in [0.2, 0.25) is 59.1 Å². The molecule has 4 aliphatic heterocycles. The maximum Gasteiger partial charge on any atom is 0.326 e. The molecule has 470 valence electrons. The first kappa shape index (κ1) is 69.8. The van der Waals surface area contributed by atoms with Gasteiger partial charge in [-0.2, -0.15) is 12.6 Å². The van der Waals surface area contributed by atoms with E-state index in [4.69, 9.17) is 17.2 Å². The number of nitrogens with zero attached hydrogens (tertiary/aromatic N) is 3. The number of amides is 10. The minimum Gasteiger partial charge on any atom is -0.480 e. The maximum absolute atomic E-state index is 14.5. The highest BCUT2D eigenvalue weighted by Gasteiger charge is 2.46. The molecule has 4 aliphatic rings. The number of carboxylic acids is 1. The molecular formula is C54H94N14O14S. The van der Waals surface area contributed by atoms with E-state index in [1.54, 1.807) is 13.8 Å². The van der Waals surface area contributed by atoms with Gasteiger partial charge in [-0.1, -0.05) is 20.3 Å². The second-order valence-corrected chi connectivity index (χ2v) is 22.5.